The molecule has 6 nitrogen and oxygen atoms in total. The fourth-order valence-corrected chi connectivity index (χ4v) is 1.93. The first kappa shape index (κ1) is 14.7. The summed E-state index contributed by atoms with van der Waals surface area (Å²) in [4.78, 5) is 29.9. The van der Waals surface area contributed by atoms with Gasteiger partial charge in [-0.15, -0.1) is 0 Å². The molecule has 2 rings (SSSR count). The van der Waals surface area contributed by atoms with Crippen LogP contribution in [-0.2, 0) is 11.2 Å². The van der Waals surface area contributed by atoms with E-state index < -0.39 is 23.7 Å². The molecule has 0 bridgehead atoms. The number of carbonyl (C=O) groups is 2. The molecule has 110 valence electrons. The number of aryl methyl sites for hydroxylation is 1. The van der Waals surface area contributed by atoms with Crippen LogP contribution in [0.25, 0.3) is 0 Å². The van der Waals surface area contributed by atoms with E-state index >= 15 is 0 Å². The number of carbonyl (C=O) groups excluding carboxylic acids is 1. The summed E-state index contributed by atoms with van der Waals surface area (Å²) in [6, 6.07) is 2.61. The molecule has 0 saturated heterocycles. The fourth-order valence-electron chi connectivity index (χ4n) is 1.93. The maximum absolute atomic E-state index is 13.0. The Morgan fingerprint density at radius 2 is 2.24 bits per heavy atom. The number of hydrogen-bond acceptors (Lipinski definition) is 3. The zero-order chi connectivity index (χ0) is 15.4. The van der Waals surface area contributed by atoms with Crippen LogP contribution < -0.4 is 5.32 Å². The van der Waals surface area contributed by atoms with Gasteiger partial charge in [0, 0.05) is 23.9 Å². The highest BCUT2D eigenvalue weighted by Gasteiger charge is 2.22. The van der Waals surface area contributed by atoms with E-state index in [4.69, 9.17) is 0 Å². The van der Waals surface area contributed by atoms with Crippen LogP contribution in [0.4, 0.5) is 4.39 Å². The van der Waals surface area contributed by atoms with Gasteiger partial charge in [0.15, 0.2) is 0 Å². The Morgan fingerprint density at radius 3 is 2.81 bits per heavy atom. The molecule has 1 aromatic carbocycles. The summed E-state index contributed by atoms with van der Waals surface area (Å²) in [7, 11) is 0. The summed E-state index contributed by atoms with van der Waals surface area (Å²) >= 11 is 0. The minimum absolute atomic E-state index is 0.0846. The van der Waals surface area contributed by atoms with Gasteiger partial charge in [-0.3, -0.25) is 4.79 Å². The van der Waals surface area contributed by atoms with Crippen molar-refractivity contribution >= 4 is 11.9 Å². The number of aromatic amines is 1. The quantitative estimate of drug-likeness (QED) is 0.773. The number of halogens is 1. The molecule has 21 heavy (non-hydrogen) atoms. The van der Waals surface area contributed by atoms with Crippen LogP contribution in [0.5, 0.6) is 0 Å². The van der Waals surface area contributed by atoms with Crippen molar-refractivity contribution in [3.8, 4) is 0 Å². The standard InChI is InChI=1S/C14H14FN3O3/c1-8-4-9(15)2-3-11(8)13(19)18-12(14(20)21)5-10-6-16-7-17-10/h2-4,6-7,12H,5H2,1H3,(H,16,17)(H,18,19)(H,20,21)/t12-/m0/s1. The molecule has 0 fully saturated rings. The van der Waals surface area contributed by atoms with Crippen LogP contribution in [0.15, 0.2) is 30.7 Å². The van der Waals surface area contributed by atoms with E-state index in [1.165, 1.54) is 24.7 Å². The summed E-state index contributed by atoms with van der Waals surface area (Å²) in [5.74, 6) is -2.16. The highest BCUT2D eigenvalue weighted by Crippen LogP contribution is 2.11. The van der Waals surface area contributed by atoms with Gasteiger partial charge in [-0.1, -0.05) is 0 Å². The molecule has 3 N–H and O–H groups in total. The number of amides is 1. The number of aliphatic carboxylic acids is 1. The average molecular weight is 291 g/mol. The van der Waals surface area contributed by atoms with E-state index in [9.17, 15) is 19.1 Å². The molecule has 0 aliphatic carbocycles. The first-order chi connectivity index (χ1) is 9.97. The van der Waals surface area contributed by atoms with E-state index in [-0.39, 0.29) is 12.0 Å². The number of H-pyrrole nitrogens is 1. The molecule has 0 radical (unpaired) electrons. The van der Waals surface area contributed by atoms with Crippen LogP contribution in [0, 0.1) is 12.7 Å². The predicted molar refractivity (Wildman–Crippen MR) is 72.3 cm³/mol. The molecule has 0 saturated carbocycles. The number of nitrogens with one attached hydrogen (secondary N) is 2. The van der Waals surface area contributed by atoms with Crippen molar-refractivity contribution in [2.45, 2.75) is 19.4 Å². The topological polar surface area (TPSA) is 95.1 Å². The van der Waals surface area contributed by atoms with E-state index in [2.05, 4.69) is 15.3 Å². The molecule has 1 aromatic heterocycles. The third-order valence-corrected chi connectivity index (χ3v) is 3.02. The first-order valence-electron chi connectivity index (χ1n) is 6.24. The van der Waals surface area contributed by atoms with E-state index in [0.717, 1.165) is 6.07 Å². The lowest BCUT2D eigenvalue weighted by Crippen LogP contribution is -2.42. The molecule has 0 spiro atoms. The third kappa shape index (κ3) is 3.65. The SMILES string of the molecule is Cc1cc(F)ccc1C(=O)N[C@@H](Cc1cnc[nH]1)C(=O)O. The largest absolute Gasteiger partial charge is 0.480 e. The number of imidazole rings is 1. The Morgan fingerprint density at radius 1 is 1.48 bits per heavy atom. The highest BCUT2D eigenvalue weighted by atomic mass is 19.1. The summed E-state index contributed by atoms with van der Waals surface area (Å²) in [5.41, 5.74) is 1.28. The van der Waals surface area contributed by atoms with Crippen molar-refractivity contribution in [3.05, 3.63) is 53.4 Å². The van der Waals surface area contributed by atoms with Crippen molar-refractivity contribution in [1.29, 1.82) is 0 Å². The van der Waals surface area contributed by atoms with E-state index in [0.29, 0.717) is 11.3 Å². The van der Waals surface area contributed by atoms with Crippen LogP contribution in [-0.4, -0.2) is 33.0 Å². The monoisotopic (exact) mass is 291 g/mol. The maximum atomic E-state index is 13.0. The second-order valence-corrected chi connectivity index (χ2v) is 4.60. The molecule has 0 aliphatic rings. The summed E-state index contributed by atoms with van der Waals surface area (Å²) in [5, 5.41) is 11.6. The average Bonchev–Trinajstić information content (AvgIpc) is 2.90. The van der Waals surface area contributed by atoms with E-state index in [1.54, 1.807) is 6.92 Å². The number of carboxylic acid groups (broad SMARTS) is 1. The first-order valence-corrected chi connectivity index (χ1v) is 6.24. The lowest BCUT2D eigenvalue weighted by molar-refractivity contribution is -0.139. The van der Waals surface area contributed by atoms with Gasteiger partial charge >= 0.3 is 5.97 Å². The van der Waals surface area contributed by atoms with Gasteiger partial charge < -0.3 is 15.4 Å². The molecule has 2 aromatic rings. The third-order valence-electron chi connectivity index (χ3n) is 3.02. The molecular formula is C14H14FN3O3. The Kier molecular flexibility index (Phi) is 4.32. The Hall–Kier alpha value is -2.70. The minimum atomic E-state index is -1.15. The number of aromatic nitrogens is 2. The Bertz CT molecular complexity index is 655. The summed E-state index contributed by atoms with van der Waals surface area (Å²) in [6.07, 6.45) is 3.01. The minimum Gasteiger partial charge on any atom is -0.480 e. The Balaban J connectivity index is 2.12. The van der Waals surface area contributed by atoms with Gasteiger partial charge in [0.2, 0.25) is 0 Å². The second kappa shape index (κ2) is 6.17. The highest BCUT2D eigenvalue weighted by molar-refractivity contribution is 5.97. The molecule has 0 unspecified atom stereocenters. The van der Waals surface area contributed by atoms with Crippen molar-refractivity contribution in [2.24, 2.45) is 0 Å². The molecule has 1 atom stereocenters. The number of benzene rings is 1. The van der Waals surface area contributed by atoms with Crippen molar-refractivity contribution < 1.29 is 19.1 Å². The molecule has 1 amide bonds. The second-order valence-electron chi connectivity index (χ2n) is 4.60. The number of carboxylic acids is 1. The van der Waals surface area contributed by atoms with Crippen LogP contribution in [0.1, 0.15) is 21.6 Å². The van der Waals surface area contributed by atoms with E-state index in [1.807, 2.05) is 0 Å². The number of nitrogens with zero attached hydrogens (tertiary/aromatic N) is 1. The Labute approximate surface area is 120 Å². The molecule has 7 heteroatoms. The van der Waals surface area contributed by atoms with Gasteiger partial charge in [-0.2, -0.15) is 0 Å². The maximum Gasteiger partial charge on any atom is 0.326 e. The smallest absolute Gasteiger partial charge is 0.326 e. The van der Waals surface area contributed by atoms with Crippen LogP contribution in [0.3, 0.4) is 0 Å². The van der Waals surface area contributed by atoms with Crippen molar-refractivity contribution in [3.63, 3.8) is 0 Å². The normalized spacial score (nSPS) is 11.9. The van der Waals surface area contributed by atoms with Gasteiger partial charge in [-0.05, 0) is 30.7 Å². The van der Waals surface area contributed by atoms with Gasteiger partial charge in [-0.25, -0.2) is 14.2 Å². The van der Waals surface area contributed by atoms with Crippen LogP contribution in [0.2, 0.25) is 0 Å². The van der Waals surface area contributed by atoms with Gasteiger partial charge in [0.1, 0.15) is 11.9 Å². The predicted octanol–water partition coefficient (Wildman–Crippen LogP) is 1.28. The summed E-state index contributed by atoms with van der Waals surface area (Å²) in [6.45, 7) is 1.59. The fraction of sp³-hybridized carbons (Fsp3) is 0.214. The molecule has 0 aliphatic heterocycles. The lowest BCUT2D eigenvalue weighted by Gasteiger charge is -2.14. The molecule has 1 heterocycles. The molecular weight excluding hydrogens is 277 g/mol. The summed E-state index contributed by atoms with van der Waals surface area (Å²) < 4.78 is 13.0. The van der Waals surface area contributed by atoms with Crippen molar-refractivity contribution in [1.82, 2.24) is 15.3 Å². The zero-order valence-corrected chi connectivity index (χ0v) is 11.3. The van der Waals surface area contributed by atoms with Crippen LogP contribution >= 0.6 is 0 Å². The lowest BCUT2D eigenvalue weighted by atomic mass is 10.1. The number of hydrogen-bond donors (Lipinski definition) is 3. The van der Waals surface area contributed by atoms with Gasteiger partial charge in [0.05, 0.1) is 6.33 Å². The van der Waals surface area contributed by atoms with Gasteiger partial charge in [0.25, 0.3) is 5.91 Å². The zero-order valence-electron chi connectivity index (χ0n) is 11.3. The van der Waals surface area contributed by atoms with Crippen molar-refractivity contribution in [2.75, 3.05) is 0 Å². The number of rotatable bonds is 5.